The van der Waals surface area contributed by atoms with E-state index < -0.39 is 11.4 Å². The third-order valence-electron chi connectivity index (χ3n) is 3.62. The lowest BCUT2D eigenvalue weighted by Gasteiger charge is -2.37. The molecule has 0 saturated carbocycles. The Bertz CT molecular complexity index is 447. The Hall–Kier alpha value is -1.42. The highest BCUT2D eigenvalue weighted by Crippen LogP contribution is 2.39. The van der Waals surface area contributed by atoms with Crippen LogP contribution in [0.5, 0.6) is 0 Å². The van der Waals surface area contributed by atoms with Gasteiger partial charge < -0.3 is 10.8 Å². The van der Waals surface area contributed by atoms with Crippen molar-refractivity contribution in [2.75, 3.05) is 6.54 Å². The van der Waals surface area contributed by atoms with Gasteiger partial charge in [-0.05, 0) is 42.5 Å². The molecule has 92 valence electrons. The van der Waals surface area contributed by atoms with Gasteiger partial charge in [-0.15, -0.1) is 0 Å². The number of fused-ring (bicyclic) bond motifs is 1. The van der Waals surface area contributed by atoms with Crippen LogP contribution in [0.1, 0.15) is 30.4 Å². The van der Waals surface area contributed by atoms with E-state index in [1.807, 2.05) is 0 Å². The number of carbonyl (C=O) groups is 1. The third kappa shape index (κ3) is 2.17. The second kappa shape index (κ2) is 4.45. The number of hydrogen-bond donors (Lipinski definition) is 2. The molecule has 0 fully saturated rings. The molecule has 1 aromatic carbocycles. The summed E-state index contributed by atoms with van der Waals surface area (Å²) in [5.74, 6) is -1.13. The molecule has 0 amide bonds. The van der Waals surface area contributed by atoms with Gasteiger partial charge in [0.1, 0.15) is 5.82 Å². The van der Waals surface area contributed by atoms with Crippen molar-refractivity contribution in [3.8, 4) is 0 Å². The molecule has 3 N–H and O–H groups in total. The van der Waals surface area contributed by atoms with Crippen LogP contribution in [-0.2, 0) is 16.6 Å². The molecule has 4 heteroatoms. The Kier molecular flexibility index (Phi) is 3.15. The summed E-state index contributed by atoms with van der Waals surface area (Å²) < 4.78 is 13.2. The molecule has 1 aliphatic rings. The fourth-order valence-electron chi connectivity index (χ4n) is 2.80. The predicted octanol–water partition coefficient (Wildman–Crippen LogP) is 1.83. The minimum atomic E-state index is -0.854. The quantitative estimate of drug-likeness (QED) is 0.843. The number of rotatable bonds is 3. The van der Waals surface area contributed by atoms with Gasteiger partial charge in [0.2, 0.25) is 0 Å². The number of aryl methyl sites for hydroxylation is 1. The van der Waals surface area contributed by atoms with Gasteiger partial charge in [-0.3, -0.25) is 4.79 Å². The van der Waals surface area contributed by atoms with E-state index in [-0.39, 0.29) is 18.8 Å². The normalized spacial score (nSPS) is 23.2. The van der Waals surface area contributed by atoms with Gasteiger partial charge in [-0.1, -0.05) is 6.07 Å². The number of carboxylic acid groups (broad SMARTS) is 1. The molecule has 1 unspecified atom stereocenters. The van der Waals surface area contributed by atoms with Crippen molar-refractivity contribution in [1.82, 2.24) is 0 Å². The van der Waals surface area contributed by atoms with E-state index >= 15 is 0 Å². The minimum Gasteiger partial charge on any atom is -0.481 e. The summed E-state index contributed by atoms with van der Waals surface area (Å²) in [5, 5.41) is 9.01. The summed E-state index contributed by atoms with van der Waals surface area (Å²) in [5.41, 5.74) is 7.08. The van der Waals surface area contributed by atoms with Crippen LogP contribution in [0.2, 0.25) is 0 Å². The van der Waals surface area contributed by atoms with E-state index in [4.69, 9.17) is 10.8 Å². The Labute approximate surface area is 99.4 Å². The third-order valence-corrected chi connectivity index (χ3v) is 3.62. The first-order valence-electron chi connectivity index (χ1n) is 5.78. The lowest BCUT2D eigenvalue weighted by Crippen LogP contribution is -2.40. The summed E-state index contributed by atoms with van der Waals surface area (Å²) in [6, 6.07) is 4.58. The summed E-state index contributed by atoms with van der Waals surface area (Å²) >= 11 is 0. The Balaban J connectivity index is 2.47. The highest BCUT2D eigenvalue weighted by molar-refractivity contribution is 5.69. The Morgan fingerprint density at radius 2 is 2.29 bits per heavy atom. The average molecular weight is 237 g/mol. The predicted molar refractivity (Wildman–Crippen MR) is 62.3 cm³/mol. The molecule has 1 atom stereocenters. The van der Waals surface area contributed by atoms with Crippen molar-refractivity contribution < 1.29 is 14.3 Å². The second-order valence-electron chi connectivity index (χ2n) is 4.71. The van der Waals surface area contributed by atoms with E-state index in [1.54, 1.807) is 6.07 Å². The van der Waals surface area contributed by atoms with Crippen LogP contribution in [-0.4, -0.2) is 17.6 Å². The Morgan fingerprint density at radius 3 is 2.94 bits per heavy atom. The topological polar surface area (TPSA) is 63.3 Å². The van der Waals surface area contributed by atoms with Crippen molar-refractivity contribution in [2.45, 2.75) is 31.1 Å². The van der Waals surface area contributed by atoms with Gasteiger partial charge in [-0.25, -0.2) is 4.39 Å². The van der Waals surface area contributed by atoms with E-state index in [2.05, 4.69) is 0 Å². The van der Waals surface area contributed by atoms with Crippen LogP contribution in [0, 0.1) is 5.82 Å². The molecule has 0 heterocycles. The largest absolute Gasteiger partial charge is 0.481 e. The lowest BCUT2D eigenvalue weighted by molar-refractivity contribution is -0.138. The van der Waals surface area contributed by atoms with Crippen LogP contribution in [0.25, 0.3) is 0 Å². The first-order valence-corrected chi connectivity index (χ1v) is 5.78. The van der Waals surface area contributed by atoms with E-state index in [1.165, 1.54) is 12.1 Å². The molecular weight excluding hydrogens is 221 g/mol. The van der Waals surface area contributed by atoms with Gasteiger partial charge >= 0.3 is 5.97 Å². The van der Waals surface area contributed by atoms with Crippen molar-refractivity contribution in [3.05, 3.63) is 35.1 Å². The van der Waals surface area contributed by atoms with Crippen LogP contribution in [0.4, 0.5) is 4.39 Å². The maximum absolute atomic E-state index is 13.2. The van der Waals surface area contributed by atoms with E-state index in [0.717, 1.165) is 30.4 Å². The molecule has 2 rings (SSSR count). The number of hydrogen-bond acceptors (Lipinski definition) is 2. The maximum Gasteiger partial charge on any atom is 0.304 e. The second-order valence-corrected chi connectivity index (χ2v) is 4.71. The highest BCUT2D eigenvalue weighted by atomic mass is 19.1. The summed E-state index contributed by atoms with van der Waals surface area (Å²) in [6.45, 7) is 0.290. The smallest absolute Gasteiger partial charge is 0.304 e. The number of halogens is 1. The fraction of sp³-hybridized carbons (Fsp3) is 0.462. The number of benzene rings is 1. The average Bonchev–Trinajstić information content (AvgIpc) is 2.28. The van der Waals surface area contributed by atoms with Gasteiger partial charge in [0, 0.05) is 12.0 Å². The summed E-state index contributed by atoms with van der Waals surface area (Å²) in [4.78, 5) is 11.0. The molecule has 0 aliphatic heterocycles. The van der Waals surface area contributed by atoms with Gasteiger partial charge in [0.05, 0.1) is 6.42 Å². The lowest BCUT2D eigenvalue weighted by atomic mass is 9.68. The van der Waals surface area contributed by atoms with Crippen molar-refractivity contribution in [3.63, 3.8) is 0 Å². The molecule has 0 spiro atoms. The first kappa shape index (κ1) is 12.0. The van der Waals surface area contributed by atoms with E-state index in [9.17, 15) is 9.18 Å². The molecule has 0 saturated heterocycles. The standard InChI is InChI=1S/C13H16FNO2/c14-10-3-4-11-9(6-10)2-1-5-13(11,8-15)7-12(16)17/h3-4,6H,1-2,5,7-8,15H2,(H,16,17). The molecule has 0 bridgehead atoms. The van der Waals surface area contributed by atoms with E-state index in [0.29, 0.717) is 0 Å². The SMILES string of the molecule is NCC1(CC(=O)O)CCCc2cc(F)ccc21. The zero-order valence-electron chi connectivity index (χ0n) is 9.58. The van der Waals surface area contributed by atoms with Gasteiger partial charge in [0.15, 0.2) is 0 Å². The van der Waals surface area contributed by atoms with Gasteiger partial charge in [-0.2, -0.15) is 0 Å². The molecule has 0 aromatic heterocycles. The monoisotopic (exact) mass is 237 g/mol. The Morgan fingerprint density at radius 1 is 1.53 bits per heavy atom. The summed E-state index contributed by atoms with van der Waals surface area (Å²) in [6.07, 6.45) is 2.44. The minimum absolute atomic E-state index is 0.0160. The molecule has 1 aromatic rings. The van der Waals surface area contributed by atoms with Crippen LogP contribution in [0.15, 0.2) is 18.2 Å². The molecule has 3 nitrogen and oxygen atoms in total. The van der Waals surface area contributed by atoms with Crippen LogP contribution < -0.4 is 5.73 Å². The number of nitrogens with two attached hydrogens (primary N) is 1. The first-order chi connectivity index (χ1) is 8.07. The number of aliphatic carboxylic acids is 1. The molecule has 1 aliphatic carbocycles. The molecule has 0 radical (unpaired) electrons. The number of carboxylic acids is 1. The maximum atomic E-state index is 13.2. The summed E-state index contributed by atoms with van der Waals surface area (Å²) in [7, 11) is 0. The zero-order chi connectivity index (χ0) is 12.5. The molecular formula is C13H16FNO2. The van der Waals surface area contributed by atoms with Crippen LogP contribution in [0.3, 0.4) is 0 Å². The zero-order valence-corrected chi connectivity index (χ0v) is 9.58. The van der Waals surface area contributed by atoms with Crippen molar-refractivity contribution in [2.24, 2.45) is 5.73 Å². The fourth-order valence-corrected chi connectivity index (χ4v) is 2.80. The van der Waals surface area contributed by atoms with Crippen molar-refractivity contribution in [1.29, 1.82) is 0 Å². The molecule has 17 heavy (non-hydrogen) atoms. The van der Waals surface area contributed by atoms with Crippen molar-refractivity contribution >= 4 is 5.97 Å². The van der Waals surface area contributed by atoms with Crippen LogP contribution >= 0.6 is 0 Å². The van der Waals surface area contributed by atoms with Gasteiger partial charge in [0.25, 0.3) is 0 Å². The highest BCUT2D eigenvalue weighted by Gasteiger charge is 2.37.